The summed E-state index contributed by atoms with van der Waals surface area (Å²) in [6, 6.07) is 7.80. The number of hydrogen-bond donors (Lipinski definition) is 0. The lowest BCUT2D eigenvalue weighted by atomic mass is 10.3. The maximum absolute atomic E-state index is 4.12. The van der Waals surface area contributed by atoms with E-state index in [4.69, 9.17) is 0 Å². The molecule has 1 aromatic carbocycles. The summed E-state index contributed by atoms with van der Waals surface area (Å²) in [6.07, 6.45) is 3.39. The highest BCUT2D eigenvalue weighted by Gasteiger charge is 1.88. The minimum absolute atomic E-state index is 0. The third-order valence-corrected chi connectivity index (χ3v) is 1.38. The molecule has 0 aliphatic rings. The molecule has 0 N–H and O–H groups in total. The summed E-state index contributed by atoms with van der Waals surface area (Å²) in [5, 5.41) is 0. The number of benzene rings is 1. The normalized spacial score (nSPS) is 9.09. The maximum atomic E-state index is 4.12. The van der Waals surface area contributed by atoms with Crippen LogP contribution in [0.15, 0.2) is 36.7 Å². The van der Waals surface area contributed by atoms with Gasteiger partial charge in [0.15, 0.2) is 0 Å². The smallest absolute Gasteiger partial charge is 0.0886 e. The molecule has 0 saturated heterocycles. The van der Waals surface area contributed by atoms with Crippen LogP contribution in [-0.4, -0.2) is 9.97 Å². The summed E-state index contributed by atoms with van der Waals surface area (Å²) in [4.78, 5) is 8.24. The van der Waals surface area contributed by atoms with Crippen LogP contribution in [0.25, 0.3) is 11.0 Å². The molecule has 0 fully saturated rings. The molecule has 0 unspecified atom stereocenters. The summed E-state index contributed by atoms with van der Waals surface area (Å²) in [5.41, 5.74) is 1.90. The molecular formula is C8H6N3. The standard InChI is InChI=1S/C8H6N2.N/c1-2-4-8-7(3-1)9-5-6-10-8;/h1-6H;. The molecule has 0 spiro atoms. The Hall–Kier alpha value is -1.48. The van der Waals surface area contributed by atoms with Crippen molar-refractivity contribution in [3.05, 3.63) is 36.7 Å². The molecule has 1 heterocycles. The Bertz CT molecular complexity index is 280. The topological polar surface area (TPSA) is 56.3 Å². The van der Waals surface area contributed by atoms with E-state index in [0.717, 1.165) is 11.0 Å². The van der Waals surface area contributed by atoms with Crippen LogP contribution >= 0.6 is 0 Å². The summed E-state index contributed by atoms with van der Waals surface area (Å²) in [7, 11) is 0. The first-order chi connectivity index (χ1) is 4.97. The van der Waals surface area contributed by atoms with Gasteiger partial charge in [-0.15, -0.1) is 0 Å². The molecule has 2 aromatic rings. The molecule has 11 heavy (non-hydrogen) atoms. The average molecular weight is 144 g/mol. The zero-order chi connectivity index (χ0) is 6.81. The van der Waals surface area contributed by atoms with Gasteiger partial charge >= 0.3 is 0 Å². The molecule has 3 nitrogen and oxygen atoms in total. The second kappa shape index (κ2) is 3.07. The van der Waals surface area contributed by atoms with Crippen molar-refractivity contribution < 1.29 is 0 Å². The fourth-order valence-electron chi connectivity index (χ4n) is 0.910. The Morgan fingerprint density at radius 3 is 1.73 bits per heavy atom. The second-order valence-corrected chi connectivity index (χ2v) is 2.05. The average Bonchev–Trinajstić information content (AvgIpc) is 2.05. The summed E-state index contributed by atoms with van der Waals surface area (Å²) in [5.74, 6) is 0. The van der Waals surface area contributed by atoms with Crippen LogP contribution in [0.5, 0.6) is 0 Å². The number of aromatic nitrogens is 2. The van der Waals surface area contributed by atoms with Crippen molar-refractivity contribution in [3.8, 4) is 0 Å². The lowest BCUT2D eigenvalue weighted by Crippen LogP contribution is -1.78. The highest BCUT2D eigenvalue weighted by atomic mass is 14.8. The first-order valence-electron chi connectivity index (χ1n) is 3.12. The first kappa shape index (κ1) is 7.63. The predicted octanol–water partition coefficient (Wildman–Crippen LogP) is 1.15. The molecule has 53 valence electrons. The minimum atomic E-state index is 0. The van der Waals surface area contributed by atoms with E-state index < -0.39 is 0 Å². The van der Waals surface area contributed by atoms with Gasteiger partial charge in [-0.3, -0.25) is 9.97 Å². The van der Waals surface area contributed by atoms with E-state index in [1.54, 1.807) is 12.4 Å². The van der Waals surface area contributed by atoms with Crippen LogP contribution < -0.4 is 6.15 Å². The fraction of sp³-hybridized carbons (Fsp3) is 0. The number of nitrogens with zero attached hydrogens (tertiary/aromatic N) is 3. The Labute approximate surface area is 64.7 Å². The zero-order valence-corrected chi connectivity index (χ0v) is 5.81. The van der Waals surface area contributed by atoms with Gasteiger partial charge in [-0.05, 0) is 12.1 Å². The third kappa shape index (κ3) is 1.33. The van der Waals surface area contributed by atoms with Crippen LogP contribution in [-0.2, 0) is 0 Å². The largest absolute Gasteiger partial charge is 0.253 e. The van der Waals surface area contributed by atoms with Gasteiger partial charge in [-0.2, -0.15) is 0 Å². The molecule has 2 rings (SSSR count). The highest BCUT2D eigenvalue weighted by Crippen LogP contribution is 2.04. The Morgan fingerprint density at radius 2 is 1.27 bits per heavy atom. The van der Waals surface area contributed by atoms with Gasteiger partial charge in [-0.25, -0.2) is 0 Å². The fourth-order valence-corrected chi connectivity index (χ4v) is 0.910. The van der Waals surface area contributed by atoms with Crippen molar-refractivity contribution in [2.24, 2.45) is 0 Å². The molecule has 0 aliphatic heterocycles. The van der Waals surface area contributed by atoms with Crippen molar-refractivity contribution in [1.82, 2.24) is 16.1 Å². The van der Waals surface area contributed by atoms with E-state index in [0.29, 0.717) is 0 Å². The van der Waals surface area contributed by atoms with E-state index >= 15 is 0 Å². The zero-order valence-electron chi connectivity index (χ0n) is 5.81. The predicted molar refractivity (Wildman–Crippen MR) is 41.7 cm³/mol. The monoisotopic (exact) mass is 144 g/mol. The van der Waals surface area contributed by atoms with Gasteiger partial charge in [0.2, 0.25) is 0 Å². The van der Waals surface area contributed by atoms with E-state index in [9.17, 15) is 0 Å². The molecule has 0 saturated carbocycles. The first-order valence-corrected chi connectivity index (χ1v) is 3.12. The van der Waals surface area contributed by atoms with Crippen molar-refractivity contribution >= 4 is 11.0 Å². The Morgan fingerprint density at radius 1 is 0.818 bits per heavy atom. The van der Waals surface area contributed by atoms with Gasteiger partial charge in [0.25, 0.3) is 0 Å². The van der Waals surface area contributed by atoms with E-state index in [1.807, 2.05) is 24.3 Å². The van der Waals surface area contributed by atoms with Gasteiger partial charge in [0.1, 0.15) is 0 Å². The SMILES string of the molecule is [N].c1ccc2nccnc2c1. The van der Waals surface area contributed by atoms with Crippen LogP contribution in [0.3, 0.4) is 0 Å². The van der Waals surface area contributed by atoms with E-state index in [1.165, 1.54) is 0 Å². The van der Waals surface area contributed by atoms with E-state index in [-0.39, 0.29) is 6.15 Å². The highest BCUT2D eigenvalue weighted by molar-refractivity contribution is 5.72. The maximum Gasteiger partial charge on any atom is 0.0886 e. The second-order valence-electron chi connectivity index (χ2n) is 2.05. The number of para-hydroxylation sites is 2. The molecule has 0 amide bonds. The Kier molecular flexibility index (Phi) is 2.13. The number of fused-ring (bicyclic) bond motifs is 1. The van der Waals surface area contributed by atoms with Crippen LogP contribution in [0.2, 0.25) is 0 Å². The summed E-state index contributed by atoms with van der Waals surface area (Å²) < 4.78 is 0. The molecule has 1 aromatic heterocycles. The van der Waals surface area contributed by atoms with Crippen molar-refractivity contribution in [2.45, 2.75) is 0 Å². The molecule has 0 aliphatic carbocycles. The van der Waals surface area contributed by atoms with Gasteiger partial charge in [0, 0.05) is 18.5 Å². The van der Waals surface area contributed by atoms with Crippen molar-refractivity contribution in [3.63, 3.8) is 0 Å². The lowest BCUT2D eigenvalue weighted by molar-refractivity contribution is 1.29. The number of hydrogen-bond acceptors (Lipinski definition) is 2. The van der Waals surface area contributed by atoms with Gasteiger partial charge < -0.3 is 0 Å². The van der Waals surface area contributed by atoms with Crippen LogP contribution in [0.1, 0.15) is 0 Å². The molecular weight excluding hydrogens is 138 g/mol. The molecule has 3 heteroatoms. The van der Waals surface area contributed by atoms with Crippen molar-refractivity contribution in [1.29, 1.82) is 0 Å². The lowest BCUT2D eigenvalue weighted by Gasteiger charge is -1.90. The summed E-state index contributed by atoms with van der Waals surface area (Å²) in [6.45, 7) is 0. The third-order valence-electron chi connectivity index (χ3n) is 1.38. The van der Waals surface area contributed by atoms with Gasteiger partial charge in [-0.1, -0.05) is 12.1 Å². The van der Waals surface area contributed by atoms with Crippen molar-refractivity contribution in [2.75, 3.05) is 0 Å². The van der Waals surface area contributed by atoms with Gasteiger partial charge in [0.05, 0.1) is 11.0 Å². The minimum Gasteiger partial charge on any atom is -0.253 e. The van der Waals surface area contributed by atoms with E-state index in [2.05, 4.69) is 9.97 Å². The Balaban J connectivity index is 0.000000605. The van der Waals surface area contributed by atoms with Crippen LogP contribution in [0.4, 0.5) is 0 Å². The molecule has 0 bridgehead atoms. The molecule has 3 radical (unpaired) electrons. The quantitative estimate of drug-likeness (QED) is 0.556. The molecule has 0 atom stereocenters. The summed E-state index contributed by atoms with van der Waals surface area (Å²) >= 11 is 0. The number of rotatable bonds is 0. The van der Waals surface area contributed by atoms with Crippen LogP contribution in [0, 0.1) is 0 Å².